The lowest BCUT2D eigenvalue weighted by atomic mass is 9.97. The molecule has 1 fully saturated rings. The third-order valence-corrected chi connectivity index (χ3v) is 5.29. The molecular formula is C18H24N4OS. The lowest BCUT2D eigenvalue weighted by molar-refractivity contribution is -0.134. The molecule has 1 aliphatic rings. The number of amides is 1. The summed E-state index contributed by atoms with van der Waals surface area (Å²) in [5.74, 6) is -0.0909. The summed E-state index contributed by atoms with van der Waals surface area (Å²) in [7, 11) is 0. The number of aromatic nitrogens is 1. The molecule has 6 heteroatoms. The van der Waals surface area contributed by atoms with Crippen LogP contribution in [-0.2, 0) is 11.3 Å². The molecule has 0 saturated carbocycles. The molecule has 128 valence electrons. The van der Waals surface area contributed by atoms with Crippen molar-refractivity contribution in [2.24, 2.45) is 5.73 Å². The molecule has 24 heavy (non-hydrogen) atoms. The van der Waals surface area contributed by atoms with E-state index < -0.39 is 0 Å². The molecule has 2 N–H and O–H groups in total. The molecule has 1 aromatic heterocycles. The van der Waals surface area contributed by atoms with Gasteiger partial charge in [0.1, 0.15) is 0 Å². The zero-order valence-electron chi connectivity index (χ0n) is 14.0. The smallest absolute Gasteiger partial charge is 0.231 e. The molecule has 1 unspecified atom stereocenters. The van der Waals surface area contributed by atoms with Crippen LogP contribution in [0.3, 0.4) is 0 Å². The van der Waals surface area contributed by atoms with Crippen molar-refractivity contribution in [1.82, 2.24) is 14.8 Å². The third kappa shape index (κ3) is 4.01. The SMILES string of the molecule is Cc1nc(CN2CCN(C(=O)C(CN)c3ccccc3)CC2)cs1. The number of piperazine rings is 1. The van der Waals surface area contributed by atoms with Crippen LogP contribution in [0.15, 0.2) is 35.7 Å². The first-order valence-corrected chi connectivity index (χ1v) is 9.22. The molecule has 1 saturated heterocycles. The monoisotopic (exact) mass is 344 g/mol. The fraction of sp³-hybridized carbons (Fsp3) is 0.444. The number of nitrogens with zero attached hydrogens (tertiary/aromatic N) is 3. The Labute approximate surface area is 147 Å². The Morgan fingerprint density at radius 3 is 2.54 bits per heavy atom. The van der Waals surface area contributed by atoms with Gasteiger partial charge in [-0.15, -0.1) is 11.3 Å². The third-order valence-electron chi connectivity index (χ3n) is 4.47. The van der Waals surface area contributed by atoms with Gasteiger partial charge in [-0.05, 0) is 12.5 Å². The molecule has 5 nitrogen and oxygen atoms in total. The normalized spacial score (nSPS) is 17.0. The van der Waals surface area contributed by atoms with E-state index in [1.165, 1.54) is 0 Å². The van der Waals surface area contributed by atoms with Gasteiger partial charge in [0.15, 0.2) is 0 Å². The van der Waals surface area contributed by atoms with E-state index in [9.17, 15) is 4.79 Å². The highest BCUT2D eigenvalue weighted by molar-refractivity contribution is 7.09. The highest BCUT2D eigenvalue weighted by atomic mass is 32.1. The molecule has 1 aromatic carbocycles. The predicted octanol–water partition coefficient (Wildman–Crippen LogP) is 1.84. The predicted molar refractivity (Wildman–Crippen MR) is 96.9 cm³/mol. The highest BCUT2D eigenvalue weighted by Crippen LogP contribution is 2.19. The first-order chi connectivity index (χ1) is 11.7. The first kappa shape index (κ1) is 17.1. The summed E-state index contributed by atoms with van der Waals surface area (Å²) >= 11 is 1.69. The van der Waals surface area contributed by atoms with Crippen LogP contribution in [0.1, 0.15) is 22.2 Å². The van der Waals surface area contributed by atoms with E-state index in [2.05, 4.69) is 15.3 Å². The van der Waals surface area contributed by atoms with E-state index in [4.69, 9.17) is 5.73 Å². The number of benzene rings is 1. The summed E-state index contributed by atoms with van der Waals surface area (Å²) in [5.41, 5.74) is 8.01. The number of hydrogen-bond donors (Lipinski definition) is 1. The van der Waals surface area contributed by atoms with Crippen LogP contribution in [0.25, 0.3) is 0 Å². The topological polar surface area (TPSA) is 62.5 Å². The van der Waals surface area contributed by atoms with Crippen molar-refractivity contribution in [3.63, 3.8) is 0 Å². The van der Waals surface area contributed by atoms with Crippen LogP contribution in [0.2, 0.25) is 0 Å². The molecule has 0 aliphatic carbocycles. The summed E-state index contributed by atoms with van der Waals surface area (Å²) in [5, 5.41) is 3.22. The van der Waals surface area contributed by atoms with Crippen molar-refractivity contribution >= 4 is 17.2 Å². The van der Waals surface area contributed by atoms with Crippen LogP contribution < -0.4 is 5.73 Å². The van der Waals surface area contributed by atoms with Crippen LogP contribution in [0, 0.1) is 6.92 Å². The van der Waals surface area contributed by atoms with Gasteiger partial charge in [0.25, 0.3) is 0 Å². The Hall–Kier alpha value is -1.76. The van der Waals surface area contributed by atoms with Gasteiger partial charge in [-0.25, -0.2) is 4.98 Å². The summed E-state index contributed by atoms with van der Waals surface area (Å²) in [6.45, 7) is 6.52. The van der Waals surface area contributed by atoms with Crippen LogP contribution in [0.4, 0.5) is 0 Å². The second-order valence-electron chi connectivity index (χ2n) is 6.16. The fourth-order valence-electron chi connectivity index (χ4n) is 3.12. The Balaban J connectivity index is 1.56. The van der Waals surface area contributed by atoms with Crippen molar-refractivity contribution in [2.75, 3.05) is 32.7 Å². The maximum absolute atomic E-state index is 12.8. The van der Waals surface area contributed by atoms with Gasteiger partial charge in [-0.3, -0.25) is 9.69 Å². The minimum atomic E-state index is -0.237. The second-order valence-corrected chi connectivity index (χ2v) is 7.22. The van der Waals surface area contributed by atoms with Gasteiger partial charge in [0.2, 0.25) is 5.91 Å². The molecule has 2 heterocycles. The van der Waals surface area contributed by atoms with Gasteiger partial charge < -0.3 is 10.6 Å². The second kappa shape index (κ2) is 7.88. The summed E-state index contributed by atoms with van der Waals surface area (Å²) in [6.07, 6.45) is 0. The van der Waals surface area contributed by atoms with E-state index in [0.717, 1.165) is 49.0 Å². The van der Waals surface area contributed by atoms with E-state index in [-0.39, 0.29) is 11.8 Å². The lowest BCUT2D eigenvalue weighted by Crippen LogP contribution is -2.50. The quantitative estimate of drug-likeness (QED) is 0.899. The molecule has 2 aromatic rings. The van der Waals surface area contributed by atoms with Crippen LogP contribution >= 0.6 is 11.3 Å². The number of rotatable bonds is 5. The lowest BCUT2D eigenvalue weighted by Gasteiger charge is -2.36. The Kier molecular flexibility index (Phi) is 5.60. The van der Waals surface area contributed by atoms with Gasteiger partial charge >= 0.3 is 0 Å². The van der Waals surface area contributed by atoms with Crippen molar-refractivity contribution in [2.45, 2.75) is 19.4 Å². The maximum atomic E-state index is 12.8. The molecular weight excluding hydrogens is 320 g/mol. The zero-order chi connectivity index (χ0) is 16.9. The average Bonchev–Trinajstić information content (AvgIpc) is 3.02. The van der Waals surface area contributed by atoms with Crippen molar-refractivity contribution in [1.29, 1.82) is 0 Å². The first-order valence-electron chi connectivity index (χ1n) is 8.34. The van der Waals surface area contributed by atoms with Gasteiger partial charge in [0, 0.05) is 44.6 Å². The number of hydrogen-bond acceptors (Lipinski definition) is 5. The fourth-order valence-corrected chi connectivity index (χ4v) is 3.73. The van der Waals surface area contributed by atoms with E-state index >= 15 is 0 Å². The van der Waals surface area contributed by atoms with Gasteiger partial charge in [0.05, 0.1) is 16.6 Å². The van der Waals surface area contributed by atoms with Crippen LogP contribution in [-0.4, -0.2) is 53.4 Å². The number of carbonyl (C=O) groups is 1. The zero-order valence-corrected chi connectivity index (χ0v) is 14.8. The van der Waals surface area contributed by atoms with Crippen molar-refractivity contribution in [3.8, 4) is 0 Å². The molecule has 0 bridgehead atoms. The van der Waals surface area contributed by atoms with Crippen LogP contribution in [0.5, 0.6) is 0 Å². The van der Waals surface area contributed by atoms with Crippen molar-refractivity contribution < 1.29 is 4.79 Å². The Morgan fingerprint density at radius 2 is 1.96 bits per heavy atom. The molecule has 0 radical (unpaired) electrons. The van der Waals surface area contributed by atoms with Gasteiger partial charge in [-0.2, -0.15) is 0 Å². The molecule has 3 rings (SSSR count). The number of nitrogens with two attached hydrogens (primary N) is 1. The summed E-state index contributed by atoms with van der Waals surface area (Å²) in [6, 6.07) is 9.84. The maximum Gasteiger partial charge on any atom is 0.231 e. The van der Waals surface area contributed by atoms with E-state index in [1.54, 1.807) is 11.3 Å². The molecule has 1 atom stereocenters. The Bertz CT molecular complexity index is 665. The minimum absolute atomic E-state index is 0.146. The standard InChI is InChI=1S/C18H24N4OS/c1-14-20-16(13-24-14)12-21-7-9-22(10-8-21)18(23)17(11-19)15-5-3-2-4-6-15/h2-6,13,17H,7-12,19H2,1H3. The molecule has 1 amide bonds. The average molecular weight is 344 g/mol. The van der Waals surface area contributed by atoms with E-state index in [1.807, 2.05) is 42.2 Å². The van der Waals surface area contributed by atoms with Gasteiger partial charge in [-0.1, -0.05) is 30.3 Å². The number of thiazole rings is 1. The van der Waals surface area contributed by atoms with E-state index in [0.29, 0.717) is 6.54 Å². The van der Waals surface area contributed by atoms with Crippen molar-refractivity contribution in [3.05, 3.63) is 52.0 Å². The summed E-state index contributed by atoms with van der Waals surface area (Å²) < 4.78 is 0. The number of aryl methyl sites for hydroxylation is 1. The molecule has 0 spiro atoms. The highest BCUT2D eigenvalue weighted by Gasteiger charge is 2.27. The largest absolute Gasteiger partial charge is 0.340 e. The minimum Gasteiger partial charge on any atom is -0.340 e. The summed E-state index contributed by atoms with van der Waals surface area (Å²) in [4.78, 5) is 21.6. The number of carbonyl (C=O) groups excluding carboxylic acids is 1. The Morgan fingerprint density at radius 1 is 1.25 bits per heavy atom. The molecule has 1 aliphatic heterocycles.